The van der Waals surface area contributed by atoms with Crippen LogP contribution in [0.1, 0.15) is 22.2 Å². The third kappa shape index (κ3) is 2.85. The molecule has 0 saturated carbocycles. The molecule has 18 heavy (non-hydrogen) atoms. The van der Waals surface area contributed by atoms with Gasteiger partial charge in [-0.2, -0.15) is 11.8 Å². The first kappa shape index (κ1) is 13.4. The number of carboxylic acids is 1. The molecule has 3 nitrogen and oxygen atoms in total. The highest BCUT2D eigenvalue weighted by molar-refractivity contribution is 7.98. The van der Waals surface area contributed by atoms with Crippen molar-refractivity contribution in [1.29, 1.82) is 0 Å². The zero-order valence-corrected chi connectivity index (χ0v) is 11.7. The molecular weight excluding hydrogens is 266 g/mol. The SMILES string of the molecule is CC(N)CSCc1c(C(=O)O)sc2ccccc12. The molecule has 0 aliphatic heterocycles. The zero-order chi connectivity index (χ0) is 13.1. The molecule has 0 fully saturated rings. The number of benzene rings is 1. The van der Waals surface area contributed by atoms with Gasteiger partial charge in [0.15, 0.2) is 0 Å². The number of hydrogen-bond acceptors (Lipinski definition) is 4. The van der Waals surface area contributed by atoms with Crippen LogP contribution in [0, 0.1) is 0 Å². The highest BCUT2D eigenvalue weighted by Crippen LogP contribution is 2.33. The van der Waals surface area contributed by atoms with Gasteiger partial charge in [-0.25, -0.2) is 4.79 Å². The van der Waals surface area contributed by atoms with Crippen LogP contribution in [0.15, 0.2) is 24.3 Å². The third-order valence-corrected chi connectivity index (χ3v) is 4.98. The number of carboxylic acid groups (broad SMARTS) is 1. The lowest BCUT2D eigenvalue weighted by Gasteiger charge is -2.05. The van der Waals surface area contributed by atoms with Crippen LogP contribution >= 0.6 is 23.1 Å². The molecule has 2 aromatic rings. The molecule has 3 N–H and O–H groups in total. The minimum atomic E-state index is -0.840. The Morgan fingerprint density at radius 3 is 2.89 bits per heavy atom. The second-order valence-corrected chi connectivity index (χ2v) is 6.29. The summed E-state index contributed by atoms with van der Waals surface area (Å²) in [5.74, 6) is 0.698. The molecule has 1 unspecified atom stereocenters. The summed E-state index contributed by atoms with van der Waals surface area (Å²) in [6.07, 6.45) is 0. The molecule has 2 rings (SSSR count). The second-order valence-electron chi connectivity index (χ2n) is 4.20. The summed E-state index contributed by atoms with van der Waals surface area (Å²) in [6, 6.07) is 7.96. The number of fused-ring (bicyclic) bond motifs is 1. The van der Waals surface area contributed by atoms with Gasteiger partial charge in [0, 0.05) is 22.2 Å². The number of thiophene rings is 1. The number of hydrogen-bond donors (Lipinski definition) is 2. The summed E-state index contributed by atoms with van der Waals surface area (Å²) in [4.78, 5) is 11.7. The van der Waals surface area contributed by atoms with E-state index in [-0.39, 0.29) is 6.04 Å². The average molecular weight is 281 g/mol. The van der Waals surface area contributed by atoms with Crippen molar-refractivity contribution in [3.05, 3.63) is 34.7 Å². The van der Waals surface area contributed by atoms with Crippen molar-refractivity contribution < 1.29 is 9.90 Å². The molecule has 1 aromatic heterocycles. The van der Waals surface area contributed by atoms with E-state index in [2.05, 4.69) is 0 Å². The Labute approximate surface area is 114 Å². The van der Waals surface area contributed by atoms with Crippen molar-refractivity contribution in [3.8, 4) is 0 Å². The van der Waals surface area contributed by atoms with Crippen LogP contribution in [-0.4, -0.2) is 22.9 Å². The van der Waals surface area contributed by atoms with Gasteiger partial charge in [0.25, 0.3) is 0 Å². The van der Waals surface area contributed by atoms with E-state index in [1.807, 2.05) is 31.2 Å². The number of carbonyl (C=O) groups is 1. The maximum atomic E-state index is 11.3. The summed E-state index contributed by atoms with van der Waals surface area (Å²) < 4.78 is 1.03. The Morgan fingerprint density at radius 2 is 2.22 bits per heavy atom. The van der Waals surface area contributed by atoms with E-state index in [1.54, 1.807) is 11.8 Å². The molecule has 1 aromatic carbocycles. The van der Waals surface area contributed by atoms with Gasteiger partial charge in [0.1, 0.15) is 4.88 Å². The van der Waals surface area contributed by atoms with E-state index in [9.17, 15) is 9.90 Å². The summed E-state index contributed by atoms with van der Waals surface area (Å²) in [6.45, 7) is 1.96. The molecule has 0 bridgehead atoms. The average Bonchev–Trinajstić information content (AvgIpc) is 2.68. The Kier molecular flexibility index (Phi) is 4.27. The van der Waals surface area contributed by atoms with Gasteiger partial charge < -0.3 is 10.8 Å². The van der Waals surface area contributed by atoms with Gasteiger partial charge >= 0.3 is 5.97 Å². The van der Waals surface area contributed by atoms with Gasteiger partial charge in [-0.1, -0.05) is 18.2 Å². The topological polar surface area (TPSA) is 63.3 Å². The van der Waals surface area contributed by atoms with Crippen molar-refractivity contribution in [1.82, 2.24) is 0 Å². The zero-order valence-electron chi connectivity index (χ0n) is 10.1. The standard InChI is InChI=1S/C13H15NO2S2/c1-8(14)6-17-7-10-9-4-2-3-5-11(9)18-12(10)13(15)16/h2-5,8H,6-7,14H2,1H3,(H,15,16). The lowest BCUT2D eigenvalue weighted by molar-refractivity contribution is 0.0701. The smallest absolute Gasteiger partial charge is 0.346 e. The molecule has 0 amide bonds. The predicted octanol–water partition coefficient (Wildman–Crippen LogP) is 3.18. The highest BCUT2D eigenvalue weighted by atomic mass is 32.2. The maximum Gasteiger partial charge on any atom is 0.346 e. The van der Waals surface area contributed by atoms with Gasteiger partial charge in [-0.3, -0.25) is 0 Å². The number of thioether (sulfide) groups is 1. The van der Waals surface area contributed by atoms with Crippen LogP contribution < -0.4 is 5.73 Å². The van der Waals surface area contributed by atoms with Gasteiger partial charge in [-0.15, -0.1) is 11.3 Å². The molecular formula is C13H15NO2S2. The first-order chi connectivity index (χ1) is 8.59. The van der Waals surface area contributed by atoms with Crippen molar-refractivity contribution in [2.24, 2.45) is 5.73 Å². The van der Waals surface area contributed by atoms with E-state index in [4.69, 9.17) is 5.73 Å². The molecule has 96 valence electrons. The molecule has 1 heterocycles. The lowest BCUT2D eigenvalue weighted by Crippen LogP contribution is -2.17. The van der Waals surface area contributed by atoms with Crippen molar-refractivity contribution >= 4 is 39.2 Å². The molecule has 0 spiro atoms. The van der Waals surface area contributed by atoms with Crippen LogP contribution in [0.4, 0.5) is 0 Å². The van der Waals surface area contributed by atoms with E-state index in [0.717, 1.165) is 21.4 Å². The lowest BCUT2D eigenvalue weighted by atomic mass is 10.1. The van der Waals surface area contributed by atoms with E-state index >= 15 is 0 Å². The number of aromatic carboxylic acids is 1. The maximum absolute atomic E-state index is 11.3. The van der Waals surface area contributed by atoms with Crippen molar-refractivity contribution in [2.75, 3.05) is 5.75 Å². The fraction of sp³-hybridized carbons (Fsp3) is 0.308. The molecule has 5 heteroatoms. The first-order valence-corrected chi connectivity index (χ1v) is 7.63. The normalized spacial score (nSPS) is 12.8. The largest absolute Gasteiger partial charge is 0.477 e. The first-order valence-electron chi connectivity index (χ1n) is 5.66. The van der Waals surface area contributed by atoms with Gasteiger partial charge in [0.05, 0.1) is 0 Å². The fourth-order valence-electron chi connectivity index (χ4n) is 1.76. The Balaban J connectivity index is 2.33. The minimum absolute atomic E-state index is 0.133. The fourth-order valence-corrected chi connectivity index (χ4v) is 3.91. The van der Waals surface area contributed by atoms with Crippen molar-refractivity contribution in [3.63, 3.8) is 0 Å². The Morgan fingerprint density at radius 1 is 1.50 bits per heavy atom. The second kappa shape index (κ2) is 5.73. The highest BCUT2D eigenvalue weighted by Gasteiger charge is 2.17. The summed E-state index contributed by atoms with van der Waals surface area (Å²) in [5, 5.41) is 10.3. The van der Waals surface area contributed by atoms with Gasteiger partial charge in [0.2, 0.25) is 0 Å². The molecule has 0 saturated heterocycles. The van der Waals surface area contributed by atoms with Gasteiger partial charge in [-0.05, 0) is 23.9 Å². The van der Waals surface area contributed by atoms with Crippen LogP contribution in [-0.2, 0) is 5.75 Å². The molecule has 0 aliphatic carbocycles. The number of nitrogens with two attached hydrogens (primary N) is 1. The van der Waals surface area contributed by atoms with E-state index in [0.29, 0.717) is 10.6 Å². The van der Waals surface area contributed by atoms with E-state index in [1.165, 1.54) is 11.3 Å². The number of rotatable bonds is 5. The predicted molar refractivity (Wildman–Crippen MR) is 78.6 cm³/mol. The Hall–Kier alpha value is -1.04. The molecule has 0 aliphatic rings. The third-order valence-electron chi connectivity index (χ3n) is 2.52. The van der Waals surface area contributed by atoms with Crippen LogP contribution in [0.5, 0.6) is 0 Å². The van der Waals surface area contributed by atoms with Crippen LogP contribution in [0.2, 0.25) is 0 Å². The summed E-state index contributed by atoms with van der Waals surface area (Å²) in [5.41, 5.74) is 6.63. The van der Waals surface area contributed by atoms with Crippen LogP contribution in [0.3, 0.4) is 0 Å². The quantitative estimate of drug-likeness (QED) is 0.883. The summed E-state index contributed by atoms with van der Waals surface area (Å²) >= 11 is 3.03. The molecule has 1 atom stereocenters. The van der Waals surface area contributed by atoms with E-state index < -0.39 is 5.97 Å². The minimum Gasteiger partial charge on any atom is -0.477 e. The molecule has 0 radical (unpaired) electrons. The Bertz CT molecular complexity index is 563. The monoisotopic (exact) mass is 281 g/mol. The van der Waals surface area contributed by atoms with Crippen molar-refractivity contribution in [2.45, 2.75) is 18.7 Å². The van der Waals surface area contributed by atoms with Crippen LogP contribution in [0.25, 0.3) is 10.1 Å². The summed E-state index contributed by atoms with van der Waals surface area (Å²) in [7, 11) is 0.